The van der Waals surface area contributed by atoms with Crippen LogP contribution >= 0.6 is 11.6 Å². The predicted molar refractivity (Wildman–Crippen MR) is 158 cm³/mol. The number of nitrogens with zero attached hydrogens (tertiary/aromatic N) is 7. The van der Waals surface area contributed by atoms with E-state index in [1.54, 1.807) is 29.1 Å². The quantitative estimate of drug-likeness (QED) is 0.160. The van der Waals surface area contributed by atoms with Crippen LogP contribution in [0.3, 0.4) is 0 Å². The number of aromatic nitrogens is 7. The van der Waals surface area contributed by atoms with Gasteiger partial charge in [0.05, 0.1) is 0 Å². The Morgan fingerprint density at radius 1 is 1.00 bits per heavy atom. The van der Waals surface area contributed by atoms with E-state index in [-0.39, 0.29) is 17.2 Å². The molecule has 0 saturated carbocycles. The molecule has 41 heavy (non-hydrogen) atoms. The number of unbranched alkanes of at least 4 members (excludes halogenated alkanes) is 1. The lowest BCUT2D eigenvalue weighted by atomic mass is 9.98. The van der Waals surface area contributed by atoms with E-state index in [1.165, 1.54) is 0 Å². The van der Waals surface area contributed by atoms with Crippen LogP contribution in [0.2, 0.25) is 5.15 Å². The summed E-state index contributed by atoms with van der Waals surface area (Å²) in [6.45, 7) is 7.00. The van der Waals surface area contributed by atoms with Gasteiger partial charge in [-0.1, -0.05) is 79.5 Å². The maximum atomic E-state index is 13.4. The van der Waals surface area contributed by atoms with Gasteiger partial charge in [-0.2, -0.15) is 4.68 Å². The van der Waals surface area contributed by atoms with Crippen molar-refractivity contribution in [2.45, 2.75) is 52.8 Å². The molecular formula is C31H32ClN7O2. The Morgan fingerprint density at radius 2 is 1.76 bits per heavy atom. The first-order valence-electron chi connectivity index (χ1n) is 13.8. The van der Waals surface area contributed by atoms with Crippen molar-refractivity contribution in [1.82, 2.24) is 34.7 Å². The Kier molecular flexibility index (Phi) is 8.96. The lowest BCUT2D eigenvalue weighted by Gasteiger charge is -2.15. The summed E-state index contributed by atoms with van der Waals surface area (Å²) >= 11 is 6.56. The lowest BCUT2D eigenvalue weighted by Crippen LogP contribution is -2.15. The maximum absolute atomic E-state index is 13.4. The van der Waals surface area contributed by atoms with Gasteiger partial charge in [-0.15, -0.1) is 5.10 Å². The molecule has 0 aliphatic rings. The lowest BCUT2D eigenvalue weighted by molar-refractivity contribution is 0.0159. The molecule has 0 bridgehead atoms. The van der Waals surface area contributed by atoms with E-state index in [0.717, 1.165) is 47.3 Å². The molecule has 3 aromatic heterocycles. The minimum absolute atomic E-state index is 0.205. The second-order valence-electron chi connectivity index (χ2n) is 9.65. The van der Waals surface area contributed by atoms with Crippen molar-refractivity contribution in [3.8, 4) is 22.5 Å². The van der Waals surface area contributed by atoms with Crippen molar-refractivity contribution in [2.24, 2.45) is 0 Å². The van der Waals surface area contributed by atoms with Gasteiger partial charge in [-0.25, -0.2) is 4.98 Å². The summed E-state index contributed by atoms with van der Waals surface area (Å²) in [4.78, 5) is 22.3. The van der Waals surface area contributed by atoms with E-state index in [4.69, 9.17) is 16.3 Å². The van der Waals surface area contributed by atoms with Gasteiger partial charge in [0.2, 0.25) is 5.78 Å². The molecular weight excluding hydrogens is 538 g/mol. The summed E-state index contributed by atoms with van der Waals surface area (Å²) in [6.07, 6.45) is 3.99. The van der Waals surface area contributed by atoms with Crippen molar-refractivity contribution in [1.29, 1.82) is 0 Å². The standard InChI is InChI=1S/C31H32ClN7O2/c1-4-6-14-27-34-30(32)28(29(40)26-13-9-10-19-33-26)38(27)20-22-15-17-23(18-16-22)24-11-7-8-12-25(24)31-35-36-37-39(31)21(3)41-5-2/h7-13,15-19,21H,4-6,14,20H2,1-3H3. The van der Waals surface area contributed by atoms with Gasteiger partial charge < -0.3 is 9.30 Å². The molecule has 0 spiro atoms. The number of hydrogen-bond donors (Lipinski definition) is 0. The van der Waals surface area contributed by atoms with Crippen LogP contribution in [0.15, 0.2) is 72.9 Å². The molecule has 1 atom stereocenters. The summed E-state index contributed by atoms with van der Waals surface area (Å²) in [5, 5.41) is 12.6. The third-order valence-corrected chi connectivity index (χ3v) is 7.15. The van der Waals surface area contributed by atoms with Gasteiger partial charge in [-0.3, -0.25) is 9.78 Å². The molecule has 9 nitrogen and oxygen atoms in total. The smallest absolute Gasteiger partial charge is 0.230 e. The number of benzene rings is 2. The number of imidazole rings is 1. The van der Waals surface area contributed by atoms with E-state index in [9.17, 15) is 4.79 Å². The van der Waals surface area contributed by atoms with Crippen LogP contribution in [-0.2, 0) is 17.7 Å². The first kappa shape index (κ1) is 28.3. The summed E-state index contributed by atoms with van der Waals surface area (Å²) in [5.41, 5.74) is 4.64. The van der Waals surface area contributed by atoms with E-state index >= 15 is 0 Å². The molecule has 0 amide bonds. The minimum Gasteiger partial charge on any atom is -0.357 e. The third kappa shape index (κ3) is 6.11. The summed E-state index contributed by atoms with van der Waals surface area (Å²) < 4.78 is 9.36. The fourth-order valence-electron chi connectivity index (χ4n) is 4.83. The number of rotatable bonds is 12. The summed E-state index contributed by atoms with van der Waals surface area (Å²) in [6, 6.07) is 21.5. The second kappa shape index (κ2) is 13.0. The molecule has 0 saturated heterocycles. The van der Waals surface area contributed by atoms with E-state index in [2.05, 4.69) is 62.7 Å². The number of carbonyl (C=O) groups is 1. The number of carbonyl (C=O) groups excluding carboxylic acids is 1. The van der Waals surface area contributed by atoms with Gasteiger partial charge in [0.15, 0.2) is 17.2 Å². The average Bonchev–Trinajstić information content (AvgIpc) is 3.61. The Balaban J connectivity index is 1.47. The number of tetrazole rings is 1. The van der Waals surface area contributed by atoms with Gasteiger partial charge >= 0.3 is 0 Å². The van der Waals surface area contributed by atoms with Crippen LogP contribution in [0.4, 0.5) is 0 Å². The van der Waals surface area contributed by atoms with Crippen LogP contribution in [0.25, 0.3) is 22.5 Å². The molecule has 3 heterocycles. The van der Waals surface area contributed by atoms with Gasteiger partial charge in [-0.05, 0) is 59.5 Å². The van der Waals surface area contributed by atoms with Gasteiger partial charge in [0, 0.05) is 31.3 Å². The van der Waals surface area contributed by atoms with E-state index in [1.807, 2.05) is 36.6 Å². The van der Waals surface area contributed by atoms with Crippen molar-refractivity contribution >= 4 is 17.4 Å². The van der Waals surface area contributed by atoms with Crippen LogP contribution in [-0.4, -0.2) is 47.1 Å². The normalized spacial score (nSPS) is 12.0. The van der Waals surface area contributed by atoms with Crippen molar-refractivity contribution < 1.29 is 9.53 Å². The highest BCUT2D eigenvalue weighted by atomic mass is 35.5. The Morgan fingerprint density at radius 3 is 2.46 bits per heavy atom. The first-order chi connectivity index (χ1) is 20.0. The van der Waals surface area contributed by atoms with Crippen LogP contribution in [0, 0.1) is 0 Å². The number of ketones is 1. The van der Waals surface area contributed by atoms with Crippen molar-refractivity contribution in [3.63, 3.8) is 0 Å². The molecule has 0 fully saturated rings. The first-order valence-corrected chi connectivity index (χ1v) is 14.2. The Labute approximate surface area is 244 Å². The van der Waals surface area contributed by atoms with Crippen LogP contribution in [0.1, 0.15) is 67.4 Å². The highest BCUT2D eigenvalue weighted by Gasteiger charge is 2.24. The monoisotopic (exact) mass is 569 g/mol. The summed E-state index contributed by atoms with van der Waals surface area (Å²) in [5.74, 6) is 1.19. The van der Waals surface area contributed by atoms with Crippen LogP contribution in [0.5, 0.6) is 0 Å². The summed E-state index contributed by atoms with van der Waals surface area (Å²) in [7, 11) is 0. The minimum atomic E-state index is -0.299. The molecule has 0 aliphatic heterocycles. The molecule has 2 aromatic carbocycles. The highest BCUT2D eigenvalue weighted by Crippen LogP contribution is 2.32. The molecule has 5 aromatic rings. The Bertz CT molecular complexity index is 1610. The second-order valence-corrected chi connectivity index (χ2v) is 10.0. The molecule has 0 N–H and O–H groups in total. The topological polar surface area (TPSA) is 101 Å². The largest absolute Gasteiger partial charge is 0.357 e. The molecule has 210 valence electrons. The molecule has 0 radical (unpaired) electrons. The van der Waals surface area contributed by atoms with Gasteiger partial charge in [0.1, 0.15) is 17.2 Å². The third-order valence-electron chi connectivity index (χ3n) is 6.89. The number of halogens is 1. The molecule has 10 heteroatoms. The van der Waals surface area contributed by atoms with E-state index < -0.39 is 0 Å². The Hall–Kier alpha value is -4.21. The zero-order chi connectivity index (χ0) is 28.8. The fourth-order valence-corrected chi connectivity index (χ4v) is 5.11. The predicted octanol–water partition coefficient (Wildman–Crippen LogP) is 6.43. The number of ether oxygens (including phenoxy) is 1. The molecule has 1 unspecified atom stereocenters. The number of pyridine rings is 1. The maximum Gasteiger partial charge on any atom is 0.230 e. The molecule has 5 rings (SSSR count). The SMILES string of the molecule is CCCCc1nc(Cl)c(C(=O)c2ccccn2)n1Cc1ccc(-c2ccccc2-c2nnnn2C(C)OCC)cc1. The fraction of sp³-hybridized carbons (Fsp3) is 0.290. The average molecular weight is 570 g/mol. The van der Waals surface area contributed by atoms with E-state index in [0.29, 0.717) is 30.4 Å². The van der Waals surface area contributed by atoms with Gasteiger partial charge in [0.25, 0.3) is 0 Å². The zero-order valence-corrected chi connectivity index (χ0v) is 24.1. The molecule has 0 aliphatic carbocycles. The van der Waals surface area contributed by atoms with Crippen LogP contribution < -0.4 is 0 Å². The number of hydrogen-bond acceptors (Lipinski definition) is 7. The van der Waals surface area contributed by atoms with Crippen molar-refractivity contribution in [3.05, 3.63) is 101 Å². The number of aryl methyl sites for hydroxylation is 1. The highest BCUT2D eigenvalue weighted by molar-refractivity contribution is 6.33. The van der Waals surface area contributed by atoms with Crippen molar-refractivity contribution in [2.75, 3.05) is 6.61 Å². The zero-order valence-electron chi connectivity index (χ0n) is 23.4.